The van der Waals surface area contributed by atoms with Crippen LogP contribution in [-0.4, -0.2) is 15.0 Å². The Balaban J connectivity index is 1.98. The van der Waals surface area contributed by atoms with Crippen molar-refractivity contribution in [1.29, 1.82) is 0 Å². The van der Waals surface area contributed by atoms with Gasteiger partial charge in [0.2, 0.25) is 5.69 Å². The fourth-order valence-electron chi connectivity index (χ4n) is 1.72. The van der Waals surface area contributed by atoms with Gasteiger partial charge in [0.25, 0.3) is 0 Å². The molecule has 0 aliphatic heterocycles. The number of hydrogen-bond acceptors (Lipinski definition) is 4. The van der Waals surface area contributed by atoms with E-state index in [0.29, 0.717) is 12.2 Å². The van der Waals surface area contributed by atoms with Crippen molar-refractivity contribution in [3.05, 3.63) is 59.7 Å². The maximum atomic E-state index is 6.88. The minimum Gasteiger partial charge on any atom is -0.302 e. The van der Waals surface area contributed by atoms with E-state index in [1.807, 2.05) is 6.07 Å². The smallest absolute Gasteiger partial charge is 0.205 e. The van der Waals surface area contributed by atoms with Crippen LogP contribution in [0.5, 0.6) is 0 Å². The van der Waals surface area contributed by atoms with Crippen LogP contribution in [0.2, 0.25) is 0 Å². The highest BCUT2D eigenvalue weighted by Crippen LogP contribution is 2.13. The summed E-state index contributed by atoms with van der Waals surface area (Å²) in [7, 11) is 0. The molecule has 0 aromatic carbocycles. The summed E-state index contributed by atoms with van der Waals surface area (Å²) in [5.74, 6) is 0.794. The lowest BCUT2D eigenvalue weighted by Crippen LogP contribution is -2.22. The minimum absolute atomic E-state index is 0.114. The SMILES string of the molecule is [C-]#[N+]c1ccc(CNC(CC)c2ncccn2)nc1. The van der Waals surface area contributed by atoms with Gasteiger partial charge in [-0.2, -0.15) is 0 Å². The largest absolute Gasteiger partial charge is 0.302 e. The molecule has 2 aromatic heterocycles. The van der Waals surface area contributed by atoms with Crippen molar-refractivity contribution in [2.75, 3.05) is 0 Å². The van der Waals surface area contributed by atoms with Gasteiger partial charge in [0.15, 0.2) is 0 Å². The van der Waals surface area contributed by atoms with E-state index in [9.17, 15) is 0 Å². The molecule has 0 bridgehead atoms. The van der Waals surface area contributed by atoms with Gasteiger partial charge in [0.05, 0.1) is 18.3 Å². The fraction of sp³-hybridized carbons (Fsp3) is 0.286. The Kier molecular flexibility index (Phi) is 4.54. The van der Waals surface area contributed by atoms with Gasteiger partial charge >= 0.3 is 0 Å². The van der Waals surface area contributed by atoms with E-state index in [-0.39, 0.29) is 6.04 Å². The van der Waals surface area contributed by atoms with Crippen LogP contribution in [-0.2, 0) is 6.54 Å². The molecule has 2 aromatic rings. The molecule has 2 heterocycles. The second kappa shape index (κ2) is 6.57. The highest BCUT2D eigenvalue weighted by Gasteiger charge is 2.11. The molecule has 1 N–H and O–H groups in total. The first-order chi connectivity index (χ1) is 9.33. The molecule has 0 saturated heterocycles. The summed E-state index contributed by atoms with van der Waals surface area (Å²) < 4.78 is 0. The van der Waals surface area contributed by atoms with Crippen LogP contribution in [0.4, 0.5) is 5.69 Å². The molecule has 0 fully saturated rings. The first-order valence-electron chi connectivity index (χ1n) is 6.16. The minimum atomic E-state index is 0.114. The van der Waals surface area contributed by atoms with Gasteiger partial charge in [-0.15, -0.1) is 0 Å². The molecular weight excluding hydrogens is 238 g/mol. The van der Waals surface area contributed by atoms with Crippen LogP contribution in [0, 0.1) is 6.57 Å². The van der Waals surface area contributed by atoms with Crippen molar-refractivity contribution in [3.8, 4) is 0 Å². The lowest BCUT2D eigenvalue weighted by molar-refractivity contribution is 0.490. The van der Waals surface area contributed by atoms with E-state index in [1.165, 1.54) is 0 Å². The van der Waals surface area contributed by atoms with Crippen LogP contribution >= 0.6 is 0 Å². The Morgan fingerprint density at radius 2 is 2.05 bits per heavy atom. The van der Waals surface area contributed by atoms with E-state index in [2.05, 4.69) is 32.0 Å². The lowest BCUT2D eigenvalue weighted by Gasteiger charge is -2.14. The van der Waals surface area contributed by atoms with Crippen molar-refractivity contribution >= 4 is 5.69 Å². The van der Waals surface area contributed by atoms with Crippen molar-refractivity contribution < 1.29 is 0 Å². The molecule has 5 heteroatoms. The number of aromatic nitrogens is 3. The van der Waals surface area contributed by atoms with Gasteiger partial charge in [-0.3, -0.25) is 4.98 Å². The summed E-state index contributed by atoms with van der Waals surface area (Å²) in [6.07, 6.45) is 5.99. The molecule has 0 aliphatic rings. The van der Waals surface area contributed by atoms with E-state index in [1.54, 1.807) is 30.7 Å². The van der Waals surface area contributed by atoms with Crippen LogP contribution in [0.1, 0.15) is 30.9 Å². The second-order valence-electron chi connectivity index (χ2n) is 4.07. The topological polar surface area (TPSA) is 55.1 Å². The molecule has 1 unspecified atom stereocenters. The van der Waals surface area contributed by atoms with E-state index in [4.69, 9.17) is 6.57 Å². The normalized spacial score (nSPS) is 11.8. The summed E-state index contributed by atoms with van der Waals surface area (Å²) in [4.78, 5) is 16.1. The van der Waals surface area contributed by atoms with E-state index >= 15 is 0 Å². The van der Waals surface area contributed by atoms with Gasteiger partial charge in [0, 0.05) is 25.1 Å². The molecule has 1 atom stereocenters. The predicted octanol–water partition coefficient (Wildman–Crippen LogP) is 2.66. The van der Waals surface area contributed by atoms with Gasteiger partial charge in [-0.05, 0) is 18.6 Å². The molecule has 96 valence electrons. The summed E-state index contributed by atoms with van der Waals surface area (Å²) in [6.45, 7) is 9.60. The monoisotopic (exact) mass is 253 g/mol. The highest BCUT2D eigenvalue weighted by atomic mass is 15.0. The maximum Gasteiger partial charge on any atom is 0.205 e. The van der Waals surface area contributed by atoms with Gasteiger partial charge < -0.3 is 5.32 Å². The Bertz CT molecular complexity index is 544. The standard InChI is InChI=1S/C14H15N5/c1-3-13(14-16-7-4-8-17-14)19-10-12-6-5-11(15-2)9-18-12/h4-9,13,19H,3,10H2,1H3. The summed E-state index contributed by atoms with van der Waals surface area (Å²) in [5.41, 5.74) is 1.46. The maximum absolute atomic E-state index is 6.88. The van der Waals surface area contributed by atoms with Crippen LogP contribution in [0.3, 0.4) is 0 Å². The van der Waals surface area contributed by atoms with Crippen LogP contribution < -0.4 is 5.32 Å². The molecule has 0 spiro atoms. The zero-order valence-electron chi connectivity index (χ0n) is 10.7. The summed E-state index contributed by atoms with van der Waals surface area (Å²) >= 11 is 0. The number of rotatable bonds is 5. The second-order valence-corrected chi connectivity index (χ2v) is 4.07. The number of nitrogens with one attached hydrogen (secondary N) is 1. The molecule has 5 nitrogen and oxygen atoms in total. The predicted molar refractivity (Wildman–Crippen MR) is 72.4 cm³/mol. The van der Waals surface area contributed by atoms with Crippen LogP contribution in [0.25, 0.3) is 4.85 Å². The molecule has 0 saturated carbocycles. The molecule has 2 rings (SSSR count). The number of pyridine rings is 1. The molecule has 0 radical (unpaired) electrons. The third kappa shape index (κ3) is 3.57. The van der Waals surface area contributed by atoms with Crippen molar-refractivity contribution in [2.24, 2.45) is 0 Å². The quantitative estimate of drug-likeness (QED) is 0.832. The van der Waals surface area contributed by atoms with E-state index < -0.39 is 0 Å². The van der Waals surface area contributed by atoms with Gasteiger partial charge in [-0.25, -0.2) is 14.8 Å². The van der Waals surface area contributed by atoms with Crippen molar-refractivity contribution in [3.63, 3.8) is 0 Å². The zero-order chi connectivity index (χ0) is 13.5. The van der Waals surface area contributed by atoms with Crippen molar-refractivity contribution in [1.82, 2.24) is 20.3 Å². The average molecular weight is 253 g/mol. The fourth-order valence-corrected chi connectivity index (χ4v) is 1.72. The Morgan fingerprint density at radius 3 is 2.63 bits per heavy atom. The number of nitrogens with zero attached hydrogens (tertiary/aromatic N) is 4. The van der Waals surface area contributed by atoms with E-state index in [0.717, 1.165) is 17.9 Å². The zero-order valence-corrected chi connectivity index (χ0v) is 10.7. The third-order valence-electron chi connectivity index (χ3n) is 2.77. The van der Waals surface area contributed by atoms with Gasteiger partial charge in [-0.1, -0.05) is 13.0 Å². The molecule has 0 amide bonds. The molecular formula is C14H15N5. The average Bonchev–Trinajstić information content (AvgIpc) is 2.49. The van der Waals surface area contributed by atoms with Crippen molar-refractivity contribution in [2.45, 2.75) is 25.9 Å². The third-order valence-corrected chi connectivity index (χ3v) is 2.77. The Morgan fingerprint density at radius 1 is 1.26 bits per heavy atom. The molecule has 19 heavy (non-hydrogen) atoms. The number of hydrogen-bond donors (Lipinski definition) is 1. The first kappa shape index (κ1) is 13.1. The van der Waals surface area contributed by atoms with Gasteiger partial charge in [0.1, 0.15) is 5.82 Å². The molecule has 0 aliphatic carbocycles. The highest BCUT2D eigenvalue weighted by molar-refractivity contribution is 5.41. The Hall–Kier alpha value is -2.32. The summed E-state index contributed by atoms with van der Waals surface area (Å²) in [6, 6.07) is 5.56. The summed E-state index contributed by atoms with van der Waals surface area (Å²) in [5, 5.41) is 3.37. The first-order valence-corrected chi connectivity index (χ1v) is 6.16. The van der Waals surface area contributed by atoms with Crippen LogP contribution in [0.15, 0.2) is 36.8 Å². The Labute approximate surface area is 112 Å². The lowest BCUT2D eigenvalue weighted by atomic mass is 10.2.